The number of hydrogen-bond donors (Lipinski definition) is 0. The van der Waals surface area contributed by atoms with Crippen LogP contribution in [0.4, 0.5) is 0 Å². The van der Waals surface area contributed by atoms with Crippen LogP contribution >= 0.6 is 11.3 Å². The van der Waals surface area contributed by atoms with Crippen LogP contribution in [0, 0.1) is 6.92 Å². The Labute approximate surface area is 127 Å². The second kappa shape index (κ2) is 6.32. The first-order valence-electron chi connectivity index (χ1n) is 6.93. The highest BCUT2D eigenvalue weighted by molar-refractivity contribution is 7.10. The van der Waals surface area contributed by atoms with Crippen LogP contribution < -0.4 is 0 Å². The lowest BCUT2D eigenvalue weighted by atomic mass is 10.2. The number of ether oxygens (including phenoxy) is 1. The Bertz CT molecular complexity index is 615. The molecule has 0 radical (unpaired) electrons. The first-order valence-corrected chi connectivity index (χ1v) is 7.81. The Morgan fingerprint density at radius 2 is 2.43 bits per heavy atom. The number of hydrogen-bond acceptors (Lipinski definition) is 5. The van der Waals surface area contributed by atoms with E-state index in [2.05, 4.69) is 9.97 Å². The molecule has 1 unspecified atom stereocenters. The molecule has 1 fully saturated rings. The summed E-state index contributed by atoms with van der Waals surface area (Å²) >= 11 is 1.62. The largest absolute Gasteiger partial charge is 0.368 e. The Morgan fingerprint density at radius 3 is 3.19 bits per heavy atom. The molecule has 1 aliphatic rings. The summed E-state index contributed by atoms with van der Waals surface area (Å²) in [6.45, 7) is 3.60. The summed E-state index contributed by atoms with van der Waals surface area (Å²) in [5, 5.41) is 1.99. The number of nitrogens with zero attached hydrogens (tertiary/aromatic N) is 3. The van der Waals surface area contributed by atoms with E-state index in [1.807, 2.05) is 35.4 Å². The van der Waals surface area contributed by atoms with E-state index in [9.17, 15) is 4.79 Å². The SMILES string of the molecule is Cc1nccc(C2CN(C(=O)Cc3cccs3)CCO2)n1. The topological polar surface area (TPSA) is 55.3 Å². The lowest BCUT2D eigenvalue weighted by molar-refractivity contribution is -0.138. The molecular formula is C15H17N3O2S. The molecule has 0 saturated carbocycles. The van der Waals surface area contributed by atoms with Crippen molar-refractivity contribution >= 4 is 17.2 Å². The van der Waals surface area contributed by atoms with Crippen LogP contribution in [0.1, 0.15) is 22.5 Å². The second-order valence-electron chi connectivity index (χ2n) is 4.98. The van der Waals surface area contributed by atoms with E-state index < -0.39 is 0 Å². The molecule has 0 aromatic carbocycles. The fourth-order valence-electron chi connectivity index (χ4n) is 2.38. The number of carbonyl (C=O) groups excluding carboxylic acids is 1. The monoisotopic (exact) mass is 303 g/mol. The summed E-state index contributed by atoms with van der Waals surface area (Å²) in [5.74, 6) is 0.870. The van der Waals surface area contributed by atoms with Gasteiger partial charge < -0.3 is 9.64 Å². The fraction of sp³-hybridized carbons (Fsp3) is 0.400. The van der Waals surface area contributed by atoms with E-state index in [1.165, 1.54) is 0 Å². The van der Waals surface area contributed by atoms with Gasteiger partial charge in [-0.25, -0.2) is 9.97 Å². The summed E-state index contributed by atoms with van der Waals surface area (Å²) < 4.78 is 5.75. The number of aromatic nitrogens is 2. The van der Waals surface area contributed by atoms with Gasteiger partial charge in [0.25, 0.3) is 0 Å². The minimum absolute atomic E-state index is 0.150. The van der Waals surface area contributed by atoms with Crippen LogP contribution in [0.3, 0.4) is 0 Å². The van der Waals surface area contributed by atoms with Gasteiger partial charge in [-0.3, -0.25) is 4.79 Å². The molecule has 1 amide bonds. The third kappa shape index (κ3) is 3.46. The number of carbonyl (C=O) groups is 1. The standard InChI is InChI=1S/C15H17N3O2S/c1-11-16-5-4-13(17-11)14-10-18(6-7-20-14)15(19)9-12-3-2-8-21-12/h2-5,8,14H,6-7,9-10H2,1H3. The predicted octanol–water partition coefficient (Wildman–Crippen LogP) is 1.99. The van der Waals surface area contributed by atoms with Gasteiger partial charge in [0, 0.05) is 17.6 Å². The van der Waals surface area contributed by atoms with Gasteiger partial charge in [-0.2, -0.15) is 0 Å². The molecule has 5 nitrogen and oxygen atoms in total. The maximum absolute atomic E-state index is 12.4. The average molecular weight is 303 g/mol. The van der Waals surface area contributed by atoms with Crippen LogP contribution in [0.2, 0.25) is 0 Å². The van der Waals surface area contributed by atoms with Gasteiger partial charge in [-0.05, 0) is 24.4 Å². The highest BCUT2D eigenvalue weighted by atomic mass is 32.1. The molecule has 1 saturated heterocycles. The third-order valence-corrected chi connectivity index (χ3v) is 4.33. The second-order valence-corrected chi connectivity index (χ2v) is 6.02. The van der Waals surface area contributed by atoms with Crippen LogP contribution in [0.15, 0.2) is 29.8 Å². The van der Waals surface area contributed by atoms with Crippen molar-refractivity contribution in [1.82, 2.24) is 14.9 Å². The van der Waals surface area contributed by atoms with Crippen molar-refractivity contribution in [2.75, 3.05) is 19.7 Å². The van der Waals surface area contributed by atoms with Crippen molar-refractivity contribution in [3.63, 3.8) is 0 Å². The van der Waals surface area contributed by atoms with E-state index >= 15 is 0 Å². The average Bonchev–Trinajstić information content (AvgIpc) is 3.00. The minimum atomic E-state index is -0.160. The smallest absolute Gasteiger partial charge is 0.228 e. The molecule has 21 heavy (non-hydrogen) atoms. The zero-order valence-corrected chi connectivity index (χ0v) is 12.7. The van der Waals surface area contributed by atoms with E-state index in [0.717, 1.165) is 16.4 Å². The normalized spacial score (nSPS) is 18.7. The van der Waals surface area contributed by atoms with Crippen LogP contribution in [-0.2, 0) is 16.0 Å². The Morgan fingerprint density at radius 1 is 1.52 bits per heavy atom. The molecule has 6 heteroatoms. The van der Waals surface area contributed by atoms with Gasteiger partial charge in [-0.1, -0.05) is 6.07 Å². The summed E-state index contributed by atoms with van der Waals surface area (Å²) in [5.41, 5.74) is 0.844. The maximum Gasteiger partial charge on any atom is 0.228 e. The first kappa shape index (κ1) is 14.2. The molecule has 110 valence electrons. The molecule has 0 aliphatic carbocycles. The summed E-state index contributed by atoms with van der Waals surface area (Å²) in [6.07, 6.45) is 2.04. The van der Waals surface area contributed by atoms with Crippen LogP contribution in [-0.4, -0.2) is 40.5 Å². The van der Waals surface area contributed by atoms with Gasteiger partial charge in [0.1, 0.15) is 11.9 Å². The number of rotatable bonds is 3. The number of amides is 1. The van der Waals surface area contributed by atoms with Crippen LogP contribution in [0.5, 0.6) is 0 Å². The Balaban J connectivity index is 1.66. The molecule has 0 spiro atoms. The van der Waals surface area contributed by atoms with E-state index in [0.29, 0.717) is 26.1 Å². The molecule has 0 bridgehead atoms. The van der Waals surface area contributed by atoms with Gasteiger partial charge >= 0.3 is 0 Å². The van der Waals surface area contributed by atoms with Crippen molar-refractivity contribution in [2.45, 2.75) is 19.4 Å². The molecule has 1 atom stereocenters. The molecule has 2 aromatic heterocycles. The van der Waals surface area contributed by atoms with Crippen LogP contribution in [0.25, 0.3) is 0 Å². The highest BCUT2D eigenvalue weighted by Gasteiger charge is 2.26. The van der Waals surface area contributed by atoms with Gasteiger partial charge in [-0.15, -0.1) is 11.3 Å². The van der Waals surface area contributed by atoms with Crippen molar-refractivity contribution < 1.29 is 9.53 Å². The maximum atomic E-state index is 12.4. The summed E-state index contributed by atoms with van der Waals surface area (Å²) in [4.78, 5) is 23.8. The molecule has 2 aromatic rings. The quantitative estimate of drug-likeness (QED) is 0.870. The number of morpholine rings is 1. The van der Waals surface area contributed by atoms with Crippen molar-refractivity contribution in [1.29, 1.82) is 0 Å². The molecular weight excluding hydrogens is 286 g/mol. The zero-order chi connectivity index (χ0) is 14.7. The van der Waals surface area contributed by atoms with Crippen molar-refractivity contribution in [3.05, 3.63) is 46.2 Å². The Kier molecular flexibility index (Phi) is 4.26. The highest BCUT2D eigenvalue weighted by Crippen LogP contribution is 2.21. The van der Waals surface area contributed by atoms with Crippen molar-refractivity contribution in [2.24, 2.45) is 0 Å². The summed E-state index contributed by atoms with van der Waals surface area (Å²) in [6, 6.07) is 5.82. The summed E-state index contributed by atoms with van der Waals surface area (Å²) in [7, 11) is 0. The van der Waals surface area contributed by atoms with E-state index in [4.69, 9.17) is 4.74 Å². The first-order chi connectivity index (χ1) is 10.2. The zero-order valence-electron chi connectivity index (χ0n) is 11.9. The van der Waals surface area contributed by atoms with E-state index in [-0.39, 0.29) is 12.0 Å². The lowest BCUT2D eigenvalue weighted by Crippen LogP contribution is -2.43. The van der Waals surface area contributed by atoms with E-state index in [1.54, 1.807) is 17.5 Å². The Hall–Kier alpha value is -1.79. The molecule has 3 rings (SSSR count). The lowest BCUT2D eigenvalue weighted by Gasteiger charge is -2.32. The number of thiophene rings is 1. The molecule has 1 aliphatic heterocycles. The molecule has 0 N–H and O–H groups in total. The predicted molar refractivity (Wildman–Crippen MR) is 80.1 cm³/mol. The molecule has 3 heterocycles. The fourth-order valence-corrected chi connectivity index (χ4v) is 3.08. The van der Waals surface area contributed by atoms with Crippen molar-refractivity contribution in [3.8, 4) is 0 Å². The third-order valence-electron chi connectivity index (χ3n) is 3.45. The minimum Gasteiger partial charge on any atom is -0.368 e. The van der Waals surface area contributed by atoms with Gasteiger partial charge in [0.05, 0.1) is 25.3 Å². The van der Waals surface area contributed by atoms with Gasteiger partial charge in [0.15, 0.2) is 0 Å². The number of aryl methyl sites for hydroxylation is 1. The van der Waals surface area contributed by atoms with Gasteiger partial charge in [0.2, 0.25) is 5.91 Å².